The molecular weight excluding hydrogens is 239 g/mol. The highest BCUT2D eigenvalue weighted by Gasteiger charge is 2.43. The van der Waals surface area contributed by atoms with E-state index in [1.165, 1.54) is 12.1 Å². The summed E-state index contributed by atoms with van der Waals surface area (Å²) >= 11 is 0. The quantitative estimate of drug-likeness (QED) is 0.854. The van der Waals surface area contributed by atoms with Crippen LogP contribution < -0.4 is 0 Å². The Morgan fingerprint density at radius 2 is 1.62 bits per heavy atom. The lowest BCUT2D eigenvalue weighted by atomic mass is 10.0. The SMILES string of the molecule is CC(C)c1ccc(S(=N)(=O)C(F)(F)F)cc1. The highest BCUT2D eigenvalue weighted by Crippen LogP contribution is 2.31. The van der Waals surface area contributed by atoms with Gasteiger partial charge in [0.25, 0.3) is 0 Å². The second-order valence-electron chi connectivity index (χ2n) is 3.73. The minimum Gasteiger partial charge on any atom is -0.241 e. The third-order valence-corrected chi connectivity index (χ3v) is 3.79. The van der Waals surface area contributed by atoms with Crippen LogP contribution in [0.1, 0.15) is 25.3 Å². The first kappa shape index (κ1) is 13.0. The molecule has 1 N–H and O–H groups in total. The Kier molecular flexibility index (Phi) is 3.33. The van der Waals surface area contributed by atoms with Gasteiger partial charge in [0.15, 0.2) is 9.73 Å². The molecule has 6 heteroatoms. The van der Waals surface area contributed by atoms with Gasteiger partial charge in [-0.1, -0.05) is 26.0 Å². The molecule has 90 valence electrons. The Balaban J connectivity index is 3.18. The number of rotatable bonds is 2. The van der Waals surface area contributed by atoms with Gasteiger partial charge in [-0.2, -0.15) is 13.2 Å². The summed E-state index contributed by atoms with van der Waals surface area (Å²) in [5.41, 5.74) is -4.17. The summed E-state index contributed by atoms with van der Waals surface area (Å²) in [5.74, 6) is 0.182. The minimum atomic E-state index is -5.02. The van der Waals surface area contributed by atoms with Crippen LogP contribution in [0, 0.1) is 4.78 Å². The van der Waals surface area contributed by atoms with Gasteiger partial charge in [-0.25, -0.2) is 8.99 Å². The lowest BCUT2D eigenvalue weighted by molar-refractivity contribution is -0.0406. The molecule has 1 atom stereocenters. The van der Waals surface area contributed by atoms with Crippen molar-refractivity contribution < 1.29 is 17.4 Å². The van der Waals surface area contributed by atoms with Crippen molar-refractivity contribution in [3.8, 4) is 0 Å². The highest BCUT2D eigenvalue weighted by molar-refractivity contribution is 7.93. The second kappa shape index (κ2) is 4.08. The molecule has 16 heavy (non-hydrogen) atoms. The number of hydrogen-bond acceptors (Lipinski definition) is 2. The van der Waals surface area contributed by atoms with Crippen LogP contribution in [0.25, 0.3) is 0 Å². The maximum absolute atomic E-state index is 12.3. The molecule has 1 aromatic carbocycles. The summed E-state index contributed by atoms with van der Waals surface area (Å²) in [6, 6.07) is 5.16. The Morgan fingerprint density at radius 1 is 1.19 bits per heavy atom. The fraction of sp³-hybridized carbons (Fsp3) is 0.400. The van der Waals surface area contributed by atoms with E-state index in [2.05, 4.69) is 0 Å². The first-order valence-electron chi connectivity index (χ1n) is 4.61. The molecule has 0 radical (unpaired) electrons. The number of halogens is 3. The van der Waals surface area contributed by atoms with Crippen LogP contribution in [-0.4, -0.2) is 9.72 Å². The molecule has 0 amide bonds. The van der Waals surface area contributed by atoms with Gasteiger partial charge < -0.3 is 0 Å². The number of nitrogens with one attached hydrogen (secondary N) is 1. The molecule has 0 aliphatic rings. The lowest BCUT2D eigenvalue weighted by Crippen LogP contribution is -2.21. The van der Waals surface area contributed by atoms with Gasteiger partial charge in [-0.05, 0) is 23.6 Å². The van der Waals surface area contributed by atoms with Crippen LogP contribution in [-0.2, 0) is 9.73 Å². The molecular formula is C10H12F3NOS. The molecule has 1 unspecified atom stereocenters. The molecule has 1 aromatic rings. The normalized spacial score (nSPS) is 16.1. The molecule has 0 aliphatic heterocycles. The van der Waals surface area contributed by atoms with Crippen molar-refractivity contribution in [2.75, 3.05) is 0 Å². The van der Waals surface area contributed by atoms with Crippen molar-refractivity contribution in [2.45, 2.75) is 30.2 Å². The van der Waals surface area contributed by atoms with E-state index in [0.717, 1.165) is 17.7 Å². The summed E-state index contributed by atoms with van der Waals surface area (Å²) < 4.78 is 55.1. The van der Waals surface area contributed by atoms with E-state index in [1.807, 2.05) is 13.8 Å². The smallest absolute Gasteiger partial charge is 0.241 e. The van der Waals surface area contributed by atoms with E-state index >= 15 is 0 Å². The van der Waals surface area contributed by atoms with E-state index in [9.17, 15) is 17.4 Å². The van der Waals surface area contributed by atoms with Gasteiger partial charge in [-0.15, -0.1) is 0 Å². The molecule has 2 nitrogen and oxygen atoms in total. The zero-order valence-corrected chi connectivity index (χ0v) is 9.65. The number of alkyl halides is 3. The molecule has 1 rings (SSSR count). The molecule has 0 aromatic heterocycles. The zero-order valence-electron chi connectivity index (χ0n) is 8.84. The highest BCUT2D eigenvalue weighted by atomic mass is 32.2. The minimum absolute atomic E-state index is 0.182. The third-order valence-electron chi connectivity index (χ3n) is 2.20. The van der Waals surface area contributed by atoms with Gasteiger partial charge in [0.2, 0.25) is 0 Å². The average molecular weight is 251 g/mol. The molecule has 0 aliphatic carbocycles. The first-order valence-corrected chi connectivity index (χ1v) is 6.17. The summed E-state index contributed by atoms with van der Waals surface area (Å²) in [7, 11) is -4.72. The Morgan fingerprint density at radius 3 is 1.94 bits per heavy atom. The van der Waals surface area contributed by atoms with Crippen LogP contribution in [0.5, 0.6) is 0 Å². The fourth-order valence-corrected chi connectivity index (χ4v) is 1.96. The van der Waals surface area contributed by atoms with E-state index < -0.39 is 20.1 Å². The fourth-order valence-electron chi connectivity index (χ4n) is 1.18. The lowest BCUT2D eigenvalue weighted by Gasteiger charge is -2.12. The molecule has 0 fully saturated rings. The topological polar surface area (TPSA) is 40.9 Å². The largest absolute Gasteiger partial charge is 0.483 e. The summed E-state index contributed by atoms with van der Waals surface area (Å²) in [4.78, 5) is -0.496. The van der Waals surface area contributed by atoms with Crippen LogP contribution in [0.4, 0.5) is 13.2 Å². The van der Waals surface area contributed by atoms with Crippen molar-refractivity contribution in [2.24, 2.45) is 0 Å². The maximum Gasteiger partial charge on any atom is 0.483 e. The Labute approximate surface area is 92.5 Å². The monoisotopic (exact) mass is 251 g/mol. The zero-order chi connectivity index (χ0) is 12.6. The van der Waals surface area contributed by atoms with E-state index in [0.29, 0.717) is 0 Å². The van der Waals surface area contributed by atoms with Crippen molar-refractivity contribution in [1.29, 1.82) is 4.78 Å². The van der Waals surface area contributed by atoms with Crippen molar-refractivity contribution in [3.05, 3.63) is 29.8 Å². The van der Waals surface area contributed by atoms with Gasteiger partial charge in [0, 0.05) is 0 Å². The maximum atomic E-state index is 12.3. The van der Waals surface area contributed by atoms with Crippen LogP contribution in [0.2, 0.25) is 0 Å². The van der Waals surface area contributed by atoms with Crippen molar-refractivity contribution in [1.82, 2.24) is 0 Å². The van der Waals surface area contributed by atoms with Crippen molar-refractivity contribution >= 4 is 9.73 Å². The van der Waals surface area contributed by atoms with Gasteiger partial charge in [0.1, 0.15) is 0 Å². The average Bonchev–Trinajstić information content (AvgIpc) is 2.16. The summed E-state index contributed by atoms with van der Waals surface area (Å²) in [6.45, 7) is 3.80. The summed E-state index contributed by atoms with van der Waals surface area (Å²) in [6.07, 6.45) is 0. The Hall–Kier alpha value is -1.04. The van der Waals surface area contributed by atoms with Crippen LogP contribution in [0.15, 0.2) is 29.2 Å². The molecule has 0 saturated carbocycles. The van der Waals surface area contributed by atoms with Gasteiger partial charge in [-0.3, -0.25) is 0 Å². The van der Waals surface area contributed by atoms with Gasteiger partial charge >= 0.3 is 5.51 Å². The first-order chi connectivity index (χ1) is 7.16. The van der Waals surface area contributed by atoms with Gasteiger partial charge in [0.05, 0.1) is 4.90 Å². The third kappa shape index (κ3) is 2.37. The predicted octanol–water partition coefficient (Wildman–Crippen LogP) is 3.74. The molecule has 0 bridgehead atoms. The van der Waals surface area contributed by atoms with Crippen LogP contribution in [0.3, 0.4) is 0 Å². The van der Waals surface area contributed by atoms with Crippen LogP contribution >= 0.6 is 0 Å². The van der Waals surface area contributed by atoms with E-state index in [4.69, 9.17) is 4.78 Å². The number of hydrogen-bond donors (Lipinski definition) is 1. The predicted molar refractivity (Wildman–Crippen MR) is 55.7 cm³/mol. The van der Waals surface area contributed by atoms with E-state index in [-0.39, 0.29) is 5.92 Å². The Bertz CT molecular complexity index is 460. The molecule has 0 saturated heterocycles. The molecule has 0 heterocycles. The van der Waals surface area contributed by atoms with E-state index in [1.54, 1.807) is 0 Å². The standard InChI is InChI=1S/C10H12F3NOS/c1-7(2)8-3-5-9(6-4-8)16(14,15)10(11,12)13/h3-7,14H,1-2H3. The second-order valence-corrected chi connectivity index (χ2v) is 5.77. The number of benzene rings is 1. The van der Waals surface area contributed by atoms with Crippen molar-refractivity contribution in [3.63, 3.8) is 0 Å². The summed E-state index contributed by atoms with van der Waals surface area (Å²) in [5, 5.41) is 0. The molecule has 0 spiro atoms.